The molecule has 3 saturated carbocycles. The molecule has 6 rings (SSSR count). The van der Waals surface area contributed by atoms with Gasteiger partial charge in [-0.2, -0.15) is 15.5 Å². The third-order valence-electron chi connectivity index (χ3n) is 6.35. The summed E-state index contributed by atoms with van der Waals surface area (Å²) in [4.78, 5) is 21.5. The number of ether oxygens (including phenoxy) is 2. The van der Waals surface area contributed by atoms with Crippen molar-refractivity contribution in [2.75, 3.05) is 12.4 Å². The fourth-order valence-electron chi connectivity index (χ4n) is 4.92. The van der Waals surface area contributed by atoms with Crippen LogP contribution in [0.5, 0.6) is 17.4 Å². The number of fused-ring (bicyclic) bond motifs is 1. The molecule has 0 spiro atoms. The number of halogens is 1. The maximum absolute atomic E-state index is 12.5. The lowest BCUT2D eigenvalue weighted by molar-refractivity contribution is -0.0665. The Morgan fingerprint density at radius 1 is 1.30 bits per heavy atom. The van der Waals surface area contributed by atoms with Gasteiger partial charge in [-0.3, -0.25) is 4.79 Å². The van der Waals surface area contributed by atoms with Crippen LogP contribution < -0.4 is 20.1 Å². The fraction of sp³-hybridized carbons (Fsp3) is 0.348. The molecule has 10 heteroatoms. The molecule has 2 bridgehead atoms. The first-order valence-electron chi connectivity index (χ1n) is 10.3. The molecule has 166 valence electrons. The van der Waals surface area contributed by atoms with Crippen LogP contribution in [0.3, 0.4) is 0 Å². The summed E-state index contributed by atoms with van der Waals surface area (Å²) in [7, 11) is 1.48. The van der Waals surface area contributed by atoms with Crippen molar-refractivity contribution in [1.82, 2.24) is 15.3 Å². The molecule has 1 aromatic carbocycles. The van der Waals surface area contributed by atoms with Crippen molar-refractivity contribution in [3.63, 3.8) is 0 Å². The second-order valence-electron chi connectivity index (χ2n) is 8.74. The first-order chi connectivity index (χ1) is 15.8. The molecule has 3 fully saturated rings. The first-order valence-corrected chi connectivity index (χ1v) is 10.7. The highest BCUT2D eigenvalue weighted by atomic mass is 35.5. The van der Waals surface area contributed by atoms with Gasteiger partial charge in [0.2, 0.25) is 11.8 Å². The number of allylic oxidation sites excluding steroid dienone is 1. The van der Waals surface area contributed by atoms with Gasteiger partial charge in [0.25, 0.3) is 5.91 Å². The lowest BCUT2D eigenvalue weighted by atomic mass is 9.40. The monoisotopic (exact) mass is 462 g/mol. The second-order valence-corrected chi connectivity index (χ2v) is 9.14. The van der Waals surface area contributed by atoms with Gasteiger partial charge in [-0.1, -0.05) is 11.6 Å². The zero-order valence-electron chi connectivity index (χ0n) is 17.9. The highest BCUT2D eigenvalue weighted by Crippen LogP contribution is 2.67. The molecule has 0 radical (unpaired) electrons. The number of anilines is 1. The normalized spacial score (nSPS) is 26.3. The number of hydrogen-bond donors (Lipinski definition) is 2. The topological polar surface area (TPSA) is 133 Å². The van der Waals surface area contributed by atoms with E-state index < -0.39 is 0 Å². The van der Waals surface area contributed by atoms with Crippen LogP contribution in [0.1, 0.15) is 53.8 Å². The van der Waals surface area contributed by atoms with E-state index in [1.54, 1.807) is 18.2 Å². The number of rotatable bonds is 6. The number of nitriles is 2. The van der Waals surface area contributed by atoms with Crippen molar-refractivity contribution in [2.24, 2.45) is 5.41 Å². The molecule has 2 heterocycles. The molecule has 1 aliphatic heterocycles. The molecule has 1 aromatic heterocycles. The number of methoxy groups -OCH3 is 1. The Labute approximate surface area is 195 Å². The van der Waals surface area contributed by atoms with E-state index in [-0.39, 0.29) is 51.2 Å². The SMILES string of the molecule is COc1cc(/C=C/C#N)cc(Cl)c1Oc1nc(NC23CC(C#N)(C2)C3)nc2c1C(C)NC2=O. The lowest BCUT2D eigenvalue weighted by Gasteiger charge is -2.66. The van der Waals surface area contributed by atoms with Gasteiger partial charge < -0.3 is 20.1 Å². The first kappa shape index (κ1) is 21.0. The van der Waals surface area contributed by atoms with Crippen molar-refractivity contribution < 1.29 is 14.3 Å². The second kappa shape index (κ2) is 7.36. The van der Waals surface area contributed by atoms with E-state index in [0.717, 1.165) is 19.3 Å². The number of nitrogens with one attached hydrogen (secondary N) is 2. The number of hydrogen-bond acceptors (Lipinski definition) is 8. The molecular weight excluding hydrogens is 444 g/mol. The Balaban J connectivity index is 1.52. The van der Waals surface area contributed by atoms with Crippen molar-refractivity contribution in [3.8, 4) is 29.5 Å². The quantitative estimate of drug-likeness (QED) is 0.612. The van der Waals surface area contributed by atoms with Gasteiger partial charge in [-0.05, 0) is 50.0 Å². The summed E-state index contributed by atoms with van der Waals surface area (Å²) in [6.45, 7) is 1.82. The average molecular weight is 463 g/mol. The third-order valence-corrected chi connectivity index (χ3v) is 6.63. The van der Waals surface area contributed by atoms with E-state index in [9.17, 15) is 10.1 Å². The summed E-state index contributed by atoms with van der Waals surface area (Å²) < 4.78 is 11.6. The molecule has 4 aliphatic rings. The maximum Gasteiger partial charge on any atom is 0.271 e. The van der Waals surface area contributed by atoms with Gasteiger partial charge in [0, 0.05) is 11.6 Å². The summed E-state index contributed by atoms with van der Waals surface area (Å²) in [6, 6.07) is 7.28. The summed E-state index contributed by atoms with van der Waals surface area (Å²) in [5.74, 6) is 0.732. The number of nitrogens with zero attached hydrogens (tertiary/aromatic N) is 4. The minimum Gasteiger partial charge on any atom is -0.493 e. The maximum atomic E-state index is 12.5. The van der Waals surface area contributed by atoms with Crippen LogP contribution >= 0.6 is 11.6 Å². The van der Waals surface area contributed by atoms with E-state index in [4.69, 9.17) is 26.3 Å². The molecule has 1 unspecified atom stereocenters. The largest absolute Gasteiger partial charge is 0.493 e. The number of amides is 1. The van der Waals surface area contributed by atoms with E-state index in [1.807, 2.05) is 13.0 Å². The Hall–Kier alpha value is -3.82. The van der Waals surface area contributed by atoms with Crippen LogP contribution in [0.2, 0.25) is 5.02 Å². The molecular formula is C23H19ClN6O3. The molecule has 3 aliphatic carbocycles. The van der Waals surface area contributed by atoms with Gasteiger partial charge in [-0.15, -0.1) is 0 Å². The molecule has 0 saturated heterocycles. The molecule has 1 atom stereocenters. The number of carbonyl (C=O) groups excluding carboxylic acids is 1. The fourth-order valence-corrected chi connectivity index (χ4v) is 5.18. The number of carbonyl (C=O) groups is 1. The highest BCUT2D eigenvalue weighted by molar-refractivity contribution is 6.32. The zero-order valence-corrected chi connectivity index (χ0v) is 18.7. The predicted octanol–water partition coefficient (Wildman–Crippen LogP) is 4.13. The molecule has 2 N–H and O–H groups in total. The third kappa shape index (κ3) is 3.33. The van der Waals surface area contributed by atoms with Crippen molar-refractivity contribution in [3.05, 3.63) is 40.1 Å². The lowest BCUT2D eigenvalue weighted by Crippen LogP contribution is -2.70. The van der Waals surface area contributed by atoms with Gasteiger partial charge in [-0.25, -0.2) is 4.98 Å². The average Bonchev–Trinajstić information content (AvgIpc) is 3.03. The van der Waals surface area contributed by atoms with Gasteiger partial charge in [0.05, 0.1) is 41.3 Å². The van der Waals surface area contributed by atoms with Crippen LogP contribution in [0.4, 0.5) is 5.95 Å². The summed E-state index contributed by atoms with van der Waals surface area (Å²) >= 11 is 6.48. The van der Waals surface area contributed by atoms with Gasteiger partial charge in [0.15, 0.2) is 11.5 Å². The Kier molecular flexibility index (Phi) is 4.70. The number of aromatic nitrogens is 2. The smallest absolute Gasteiger partial charge is 0.271 e. The Morgan fingerprint density at radius 2 is 2.06 bits per heavy atom. The summed E-state index contributed by atoms with van der Waals surface area (Å²) in [5, 5.41) is 24.5. The Morgan fingerprint density at radius 3 is 2.73 bits per heavy atom. The minimum absolute atomic E-state index is 0.190. The van der Waals surface area contributed by atoms with Crippen LogP contribution in [0, 0.1) is 28.1 Å². The van der Waals surface area contributed by atoms with E-state index in [1.165, 1.54) is 13.2 Å². The van der Waals surface area contributed by atoms with Crippen LogP contribution in [0.15, 0.2) is 18.2 Å². The van der Waals surface area contributed by atoms with Crippen molar-refractivity contribution in [2.45, 2.75) is 37.8 Å². The van der Waals surface area contributed by atoms with E-state index in [0.29, 0.717) is 16.9 Å². The van der Waals surface area contributed by atoms with Crippen LogP contribution in [-0.4, -0.2) is 28.5 Å². The number of benzene rings is 1. The molecule has 2 aromatic rings. The summed E-state index contributed by atoms with van der Waals surface area (Å²) in [6.07, 6.45) is 5.12. The molecule has 1 amide bonds. The van der Waals surface area contributed by atoms with Crippen LogP contribution in [0.25, 0.3) is 6.08 Å². The van der Waals surface area contributed by atoms with Gasteiger partial charge in [0.1, 0.15) is 5.69 Å². The Bertz CT molecular complexity index is 1290. The van der Waals surface area contributed by atoms with E-state index in [2.05, 4.69) is 26.7 Å². The molecule has 33 heavy (non-hydrogen) atoms. The van der Waals surface area contributed by atoms with Crippen LogP contribution in [-0.2, 0) is 0 Å². The zero-order chi connectivity index (χ0) is 23.4. The minimum atomic E-state index is -0.351. The van der Waals surface area contributed by atoms with Gasteiger partial charge >= 0.3 is 0 Å². The molecule has 9 nitrogen and oxygen atoms in total. The van der Waals surface area contributed by atoms with E-state index >= 15 is 0 Å². The van der Waals surface area contributed by atoms with Crippen molar-refractivity contribution in [1.29, 1.82) is 10.5 Å². The summed E-state index contributed by atoms with van der Waals surface area (Å²) in [5.41, 5.74) is 0.980. The van der Waals surface area contributed by atoms with Crippen molar-refractivity contribution >= 4 is 29.5 Å². The predicted molar refractivity (Wildman–Crippen MR) is 119 cm³/mol. The highest BCUT2D eigenvalue weighted by Gasteiger charge is 2.69. The standard InChI is InChI=1S/C23H19ClN6O3/c1-12-16-17(19(31)27-12)28-21(30-23-8-22(9-23,10-23)11-26)29-20(16)33-18-14(24)6-13(4-3-5-25)7-15(18)32-2/h3-4,6-7,12H,8-10H2,1-2H3,(H,27,31)(H,28,29,30)/b4-3+.